The topological polar surface area (TPSA) is 46.2 Å². The molecule has 0 spiro atoms. The second-order valence-electron chi connectivity index (χ2n) is 4.38. The highest BCUT2D eigenvalue weighted by Crippen LogP contribution is 2.34. The van der Waals surface area contributed by atoms with Gasteiger partial charge in [0.1, 0.15) is 0 Å². The van der Waals surface area contributed by atoms with Gasteiger partial charge < -0.3 is 10.8 Å². The van der Waals surface area contributed by atoms with Crippen LogP contribution in [0.2, 0.25) is 0 Å². The summed E-state index contributed by atoms with van der Waals surface area (Å²) in [7, 11) is 0. The first-order valence-electron chi connectivity index (χ1n) is 5.48. The summed E-state index contributed by atoms with van der Waals surface area (Å²) in [6.07, 6.45) is 2.35. The lowest BCUT2D eigenvalue weighted by atomic mass is 9.77. The predicted octanol–water partition coefficient (Wildman–Crippen LogP) is 2.13. The fourth-order valence-corrected chi connectivity index (χ4v) is 1.99. The van der Waals surface area contributed by atoms with Crippen molar-refractivity contribution in [2.24, 2.45) is 11.7 Å². The number of aliphatic hydroxyl groups is 1. The van der Waals surface area contributed by atoms with Crippen molar-refractivity contribution >= 4 is 0 Å². The number of benzene rings is 1. The molecule has 1 aromatic rings. The van der Waals surface area contributed by atoms with Crippen molar-refractivity contribution in [2.75, 3.05) is 0 Å². The monoisotopic (exact) mass is 227 g/mol. The third kappa shape index (κ3) is 2.08. The average molecular weight is 227 g/mol. The summed E-state index contributed by atoms with van der Waals surface area (Å²) in [6.45, 7) is 0. The molecule has 1 fully saturated rings. The van der Waals surface area contributed by atoms with Crippen LogP contribution in [-0.2, 0) is 0 Å². The number of nitrogens with two attached hydrogens (primary N) is 1. The van der Waals surface area contributed by atoms with Crippen LogP contribution in [0.15, 0.2) is 18.2 Å². The van der Waals surface area contributed by atoms with E-state index in [1.54, 1.807) is 0 Å². The van der Waals surface area contributed by atoms with Gasteiger partial charge in [-0.2, -0.15) is 0 Å². The third-order valence-electron chi connectivity index (χ3n) is 3.33. The van der Waals surface area contributed by atoms with Crippen LogP contribution in [0.3, 0.4) is 0 Å². The second-order valence-corrected chi connectivity index (χ2v) is 4.38. The zero-order valence-electron chi connectivity index (χ0n) is 8.87. The van der Waals surface area contributed by atoms with Gasteiger partial charge in [-0.05, 0) is 36.5 Å². The van der Waals surface area contributed by atoms with E-state index in [1.165, 1.54) is 6.07 Å². The highest BCUT2D eigenvalue weighted by molar-refractivity contribution is 5.22. The van der Waals surface area contributed by atoms with E-state index >= 15 is 0 Å². The van der Waals surface area contributed by atoms with Gasteiger partial charge in [0.15, 0.2) is 11.6 Å². The highest BCUT2D eigenvalue weighted by Gasteiger charge is 2.30. The van der Waals surface area contributed by atoms with Gasteiger partial charge in [0.05, 0.1) is 12.1 Å². The maximum atomic E-state index is 13.0. The molecule has 3 N–H and O–H groups in total. The molecule has 0 unspecified atom stereocenters. The van der Waals surface area contributed by atoms with Crippen LogP contribution in [0, 0.1) is 17.6 Å². The molecule has 1 aliphatic carbocycles. The smallest absolute Gasteiger partial charge is 0.159 e. The first-order valence-corrected chi connectivity index (χ1v) is 5.48. The molecule has 0 radical (unpaired) electrons. The van der Waals surface area contributed by atoms with Crippen molar-refractivity contribution in [3.63, 3.8) is 0 Å². The van der Waals surface area contributed by atoms with E-state index in [0.717, 1.165) is 31.4 Å². The minimum atomic E-state index is -0.922. The molecule has 0 aliphatic heterocycles. The summed E-state index contributed by atoms with van der Waals surface area (Å²) in [5, 5.41) is 9.91. The van der Waals surface area contributed by atoms with Gasteiger partial charge in [0, 0.05) is 0 Å². The second kappa shape index (κ2) is 4.47. The molecule has 0 saturated heterocycles. The Kier molecular flexibility index (Phi) is 3.21. The molecule has 0 aromatic heterocycles. The van der Waals surface area contributed by atoms with Crippen molar-refractivity contribution in [1.29, 1.82) is 0 Å². The van der Waals surface area contributed by atoms with Crippen LogP contribution in [0.5, 0.6) is 0 Å². The fourth-order valence-electron chi connectivity index (χ4n) is 1.99. The Hall–Kier alpha value is -1.00. The van der Waals surface area contributed by atoms with E-state index < -0.39 is 23.8 Å². The van der Waals surface area contributed by atoms with Gasteiger partial charge in [-0.25, -0.2) is 8.78 Å². The molecule has 2 nitrogen and oxygen atoms in total. The standard InChI is InChI=1S/C12H15F2NO/c13-9-5-4-8(6-10(9)14)11(15)12(16)7-2-1-3-7/h4-7,11-12,16H,1-3,15H2/t11-,12+/m0/s1. The van der Waals surface area contributed by atoms with Crippen LogP contribution in [0.4, 0.5) is 8.78 Å². The summed E-state index contributed by atoms with van der Waals surface area (Å²) >= 11 is 0. The Morgan fingerprint density at radius 2 is 1.94 bits per heavy atom. The van der Waals surface area contributed by atoms with Crippen molar-refractivity contribution in [2.45, 2.75) is 31.4 Å². The summed E-state index contributed by atoms with van der Waals surface area (Å²) < 4.78 is 25.7. The number of hydrogen-bond acceptors (Lipinski definition) is 2. The largest absolute Gasteiger partial charge is 0.391 e. The van der Waals surface area contributed by atoms with E-state index in [4.69, 9.17) is 5.73 Å². The molecule has 2 atom stereocenters. The van der Waals surface area contributed by atoms with Gasteiger partial charge in [-0.3, -0.25) is 0 Å². The van der Waals surface area contributed by atoms with Gasteiger partial charge >= 0.3 is 0 Å². The van der Waals surface area contributed by atoms with E-state index in [-0.39, 0.29) is 5.92 Å². The average Bonchev–Trinajstić information content (AvgIpc) is 2.18. The quantitative estimate of drug-likeness (QED) is 0.830. The van der Waals surface area contributed by atoms with Crippen LogP contribution in [0.1, 0.15) is 30.9 Å². The third-order valence-corrected chi connectivity index (χ3v) is 3.33. The van der Waals surface area contributed by atoms with Gasteiger partial charge in [0.25, 0.3) is 0 Å². The molecule has 1 saturated carbocycles. The molecule has 2 rings (SSSR count). The zero-order valence-corrected chi connectivity index (χ0v) is 8.87. The lowest BCUT2D eigenvalue weighted by Crippen LogP contribution is -2.36. The number of hydrogen-bond donors (Lipinski definition) is 2. The van der Waals surface area contributed by atoms with Crippen molar-refractivity contribution < 1.29 is 13.9 Å². The molecule has 88 valence electrons. The molecule has 1 aliphatic rings. The van der Waals surface area contributed by atoms with E-state index in [2.05, 4.69) is 0 Å². The van der Waals surface area contributed by atoms with Gasteiger partial charge in [0.2, 0.25) is 0 Å². The van der Waals surface area contributed by atoms with Crippen molar-refractivity contribution in [3.8, 4) is 0 Å². The first kappa shape index (κ1) is 11.5. The molecular weight excluding hydrogens is 212 g/mol. The number of halogens is 2. The highest BCUT2D eigenvalue weighted by atomic mass is 19.2. The Balaban J connectivity index is 2.12. The van der Waals surface area contributed by atoms with Crippen molar-refractivity contribution in [1.82, 2.24) is 0 Å². The minimum Gasteiger partial charge on any atom is -0.391 e. The molecule has 16 heavy (non-hydrogen) atoms. The fraction of sp³-hybridized carbons (Fsp3) is 0.500. The lowest BCUT2D eigenvalue weighted by molar-refractivity contribution is 0.0413. The molecule has 4 heteroatoms. The molecule has 0 bridgehead atoms. The number of rotatable bonds is 3. The normalized spacial score (nSPS) is 20.2. The Labute approximate surface area is 93.1 Å². The Bertz CT molecular complexity index is 379. The van der Waals surface area contributed by atoms with Crippen LogP contribution in [0.25, 0.3) is 0 Å². The zero-order chi connectivity index (χ0) is 11.7. The molecule has 0 heterocycles. The molecule has 1 aromatic carbocycles. The van der Waals surface area contributed by atoms with E-state index in [0.29, 0.717) is 5.56 Å². The number of aliphatic hydroxyl groups excluding tert-OH is 1. The summed E-state index contributed by atoms with van der Waals surface area (Å²) in [4.78, 5) is 0. The van der Waals surface area contributed by atoms with Crippen LogP contribution < -0.4 is 5.73 Å². The SMILES string of the molecule is N[C@@H](c1ccc(F)c(F)c1)[C@H](O)C1CCC1. The molecule has 0 amide bonds. The molecular formula is C12H15F2NO. The summed E-state index contributed by atoms with van der Waals surface area (Å²) in [6, 6.07) is 2.88. The Morgan fingerprint density at radius 3 is 2.44 bits per heavy atom. The minimum absolute atomic E-state index is 0.197. The Morgan fingerprint density at radius 1 is 1.25 bits per heavy atom. The first-order chi connectivity index (χ1) is 7.59. The lowest BCUT2D eigenvalue weighted by Gasteiger charge is -2.33. The van der Waals surface area contributed by atoms with E-state index in [9.17, 15) is 13.9 Å². The predicted molar refractivity (Wildman–Crippen MR) is 56.6 cm³/mol. The van der Waals surface area contributed by atoms with Crippen LogP contribution in [-0.4, -0.2) is 11.2 Å². The van der Waals surface area contributed by atoms with Crippen molar-refractivity contribution in [3.05, 3.63) is 35.4 Å². The maximum Gasteiger partial charge on any atom is 0.159 e. The van der Waals surface area contributed by atoms with Gasteiger partial charge in [-0.15, -0.1) is 0 Å². The maximum absolute atomic E-state index is 13.0. The van der Waals surface area contributed by atoms with Gasteiger partial charge in [-0.1, -0.05) is 12.5 Å². The summed E-state index contributed by atoms with van der Waals surface area (Å²) in [5.41, 5.74) is 6.27. The van der Waals surface area contributed by atoms with Crippen LogP contribution >= 0.6 is 0 Å². The summed E-state index contributed by atoms with van der Waals surface area (Å²) in [5.74, 6) is -1.62. The van der Waals surface area contributed by atoms with E-state index in [1.807, 2.05) is 0 Å².